The van der Waals surface area contributed by atoms with E-state index in [1.54, 1.807) is 0 Å². The highest BCUT2D eigenvalue weighted by molar-refractivity contribution is 5.19. The molecule has 1 aromatic heterocycles. The Morgan fingerprint density at radius 2 is 1.91 bits per heavy atom. The Bertz CT molecular complexity index is 203. The molecule has 0 saturated carbocycles. The van der Waals surface area contributed by atoms with Gasteiger partial charge in [-0.2, -0.15) is 0 Å². The summed E-state index contributed by atoms with van der Waals surface area (Å²) in [4.78, 5) is 0. The zero-order chi connectivity index (χ0) is 8.85. The summed E-state index contributed by atoms with van der Waals surface area (Å²) in [6.45, 7) is 8.42. The van der Waals surface area contributed by atoms with Gasteiger partial charge in [-0.15, -0.1) is 0 Å². The molecule has 0 radical (unpaired) electrons. The van der Waals surface area contributed by atoms with Crippen LogP contribution in [0, 0.1) is 13.8 Å². The Labute approximate surface area is 68.4 Å². The third-order valence-corrected chi connectivity index (χ3v) is 1.36. The third kappa shape index (κ3) is 2.76. The average Bonchev–Trinajstić information content (AvgIpc) is 2.33. The molecule has 0 aliphatic carbocycles. The first-order valence-corrected chi connectivity index (χ1v) is 4.00. The summed E-state index contributed by atoms with van der Waals surface area (Å²) in [5.74, 6) is 1.88. The van der Waals surface area contributed by atoms with Gasteiger partial charge >= 0.3 is 0 Å². The minimum absolute atomic E-state index is 0.573. The fourth-order valence-electron chi connectivity index (χ4n) is 0.886. The fraction of sp³-hybridized carbons (Fsp3) is 0.556. The second-order valence-electron chi connectivity index (χ2n) is 2.14. The summed E-state index contributed by atoms with van der Waals surface area (Å²) < 4.78 is 5.23. The van der Waals surface area contributed by atoms with Gasteiger partial charge in [-0.3, -0.25) is 0 Å². The normalized spacial score (nSPS) is 8.82. The molecule has 0 aromatic carbocycles. The number of rotatable bonds is 1. The molecule has 1 rings (SSSR count). The highest BCUT2D eigenvalue weighted by atomic mass is 16.3. The first-order chi connectivity index (χ1) is 5.24. The maximum atomic E-state index is 5.40. The number of hydrogen-bond donors (Lipinski definition) is 1. The molecule has 64 valence electrons. The molecule has 2 N–H and O–H groups in total. The molecule has 0 amide bonds. The van der Waals surface area contributed by atoms with E-state index < -0.39 is 0 Å². The monoisotopic (exact) mass is 155 g/mol. The summed E-state index contributed by atoms with van der Waals surface area (Å²) in [5, 5.41) is 0. The Balaban J connectivity index is 0.000000461. The van der Waals surface area contributed by atoms with Crippen LogP contribution in [0.1, 0.15) is 30.9 Å². The highest BCUT2D eigenvalue weighted by Crippen LogP contribution is 2.11. The molecule has 2 nitrogen and oxygen atoms in total. The lowest BCUT2D eigenvalue weighted by Crippen LogP contribution is -1.95. The summed E-state index contributed by atoms with van der Waals surface area (Å²) in [5.41, 5.74) is 6.51. The van der Waals surface area contributed by atoms with Gasteiger partial charge < -0.3 is 10.2 Å². The van der Waals surface area contributed by atoms with Crippen molar-refractivity contribution in [3.63, 3.8) is 0 Å². The molecular formula is C9H17NO. The Hall–Kier alpha value is -0.760. The molecule has 11 heavy (non-hydrogen) atoms. The molecule has 2 heteroatoms. The van der Waals surface area contributed by atoms with Crippen molar-refractivity contribution in [3.8, 4) is 0 Å². The van der Waals surface area contributed by atoms with Gasteiger partial charge in [0.25, 0.3) is 0 Å². The smallest absolute Gasteiger partial charge is 0.105 e. The lowest BCUT2D eigenvalue weighted by molar-refractivity contribution is 0.501. The molecule has 1 aromatic rings. The largest absolute Gasteiger partial charge is 0.466 e. The van der Waals surface area contributed by atoms with E-state index in [0.29, 0.717) is 6.54 Å². The summed E-state index contributed by atoms with van der Waals surface area (Å²) in [7, 11) is 0. The van der Waals surface area contributed by atoms with Crippen LogP contribution in [-0.2, 0) is 6.54 Å². The van der Waals surface area contributed by atoms with Crippen LogP contribution in [0.25, 0.3) is 0 Å². The lowest BCUT2D eigenvalue weighted by Gasteiger charge is -1.86. The summed E-state index contributed by atoms with van der Waals surface area (Å²) >= 11 is 0. The van der Waals surface area contributed by atoms with Gasteiger partial charge in [0.1, 0.15) is 11.5 Å². The van der Waals surface area contributed by atoms with Crippen LogP contribution in [0.2, 0.25) is 0 Å². The summed E-state index contributed by atoms with van der Waals surface area (Å²) in [6.07, 6.45) is 0. The zero-order valence-electron chi connectivity index (χ0n) is 7.77. The fourth-order valence-corrected chi connectivity index (χ4v) is 0.886. The third-order valence-electron chi connectivity index (χ3n) is 1.36. The van der Waals surface area contributed by atoms with Crippen molar-refractivity contribution < 1.29 is 4.42 Å². The van der Waals surface area contributed by atoms with Crippen LogP contribution >= 0.6 is 0 Å². The molecule has 0 atom stereocenters. The molecule has 0 aliphatic rings. The van der Waals surface area contributed by atoms with E-state index in [4.69, 9.17) is 10.2 Å². The van der Waals surface area contributed by atoms with Crippen LogP contribution in [0.3, 0.4) is 0 Å². The van der Waals surface area contributed by atoms with Crippen molar-refractivity contribution in [1.82, 2.24) is 0 Å². The van der Waals surface area contributed by atoms with Gasteiger partial charge in [0.15, 0.2) is 0 Å². The first kappa shape index (κ1) is 10.2. The Morgan fingerprint density at radius 1 is 1.36 bits per heavy atom. The van der Waals surface area contributed by atoms with Crippen molar-refractivity contribution >= 4 is 0 Å². The number of nitrogens with two attached hydrogens (primary N) is 1. The van der Waals surface area contributed by atoms with E-state index >= 15 is 0 Å². The molecule has 1 heterocycles. The van der Waals surface area contributed by atoms with Gasteiger partial charge in [-0.05, 0) is 19.9 Å². The maximum Gasteiger partial charge on any atom is 0.105 e. The Morgan fingerprint density at radius 3 is 2.09 bits per heavy atom. The quantitative estimate of drug-likeness (QED) is 0.676. The number of aryl methyl sites for hydroxylation is 2. The second-order valence-corrected chi connectivity index (χ2v) is 2.14. The molecule has 0 bridgehead atoms. The topological polar surface area (TPSA) is 39.2 Å². The van der Waals surface area contributed by atoms with Crippen LogP contribution in [0.15, 0.2) is 10.5 Å². The van der Waals surface area contributed by atoms with E-state index in [-0.39, 0.29) is 0 Å². The number of furan rings is 1. The number of hydrogen-bond acceptors (Lipinski definition) is 2. The molecule has 0 unspecified atom stereocenters. The van der Waals surface area contributed by atoms with Crippen LogP contribution in [-0.4, -0.2) is 0 Å². The predicted molar refractivity (Wildman–Crippen MR) is 47.4 cm³/mol. The van der Waals surface area contributed by atoms with Crippen LogP contribution < -0.4 is 5.73 Å². The van der Waals surface area contributed by atoms with E-state index in [2.05, 4.69) is 0 Å². The van der Waals surface area contributed by atoms with Gasteiger partial charge in [0, 0.05) is 12.1 Å². The van der Waals surface area contributed by atoms with E-state index in [1.807, 2.05) is 33.8 Å². The SMILES string of the molecule is CC.Cc1cc(CN)c(C)o1. The first-order valence-electron chi connectivity index (χ1n) is 4.00. The van der Waals surface area contributed by atoms with Crippen molar-refractivity contribution in [2.24, 2.45) is 5.73 Å². The van der Waals surface area contributed by atoms with Crippen molar-refractivity contribution in [2.75, 3.05) is 0 Å². The van der Waals surface area contributed by atoms with Crippen LogP contribution in [0.5, 0.6) is 0 Å². The van der Waals surface area contributed by atoms with E-state index in [0.717, 1.165) is 17.1 Å². The maximum absolute atomic E-state index is 5.40. The van der Waals surface area contributed by atoms with E-state index in [1.165, 1.54) is 0 Å². The molecule has 0 fully saturated rings. The molecule has 0 aliphatic heterocycles. The lowest BCUT2D eigenvalue weighted by atomic mass is 10.2. The van der Waals surface area contributed by atoms with Crippen molar-refractivity contribution in [1.29, 1.82) is 0 Å². The molecule has 0 spiro atoms. The van der Waals surface area contributed by atoms with E-state index in [9.17, 15) is 0 Å². The van der Waals surface area contributed by atoms with Crippen molar-refractivity contribution in [3.05, 3.63) is 23.2 Å². The van der Waals surface area contributed by atoms with Gasteiger partial charge in [-0.1, -0.05) is 13.8 Å². The highest BCUT2D eigenvalue weighted by Gasteiger charge is 1.99. The minimum atomic E-state index is 0.573. The van der Waals surface area contributed by atoms with Crippen molar-refractivity contribution in [2.45, 2.75) is 34.2 Å². The average molecular weight is 155 g/mol. The molecule has 0 saturated heterocycles. The minimum Gasteiger partial charge on any atom is -0.466 e. The van der Waals surface area contributed by atoms with Gasteiger partial charge in [-0.25, -0.2) is 0 Å². The Kier molecular flexibility index (Phi) is 4.62. The summed E-state index contributed by atoms with van der Waals surface area (Å²) in [6, 6.07) is 1.97. The van der Waals surface area contributed by atoms with Crippen LogP contribution in [0.4, 0.5) is 0 Å². The zero-order valence-corrected chi connectivity index (χ0v) is 7.77. The molecular weight excluding hydrogens is 138 g/mol. The van der Waals surface area contributed by atoms with Gasteiger partial charge in [0.2, 0.25) is 0 Å². The second kappa shape index (κ2) is 4.97. The van der Waals surface area contributed by atoms with Gasteiger partial charge in [0.05, 0.1) is 0 Å². The predicted octanol–water partition coefficient (Wildman–Crippen LogP) is 2.38. The standard InChI is InChI=1S/C7H11NO.C2H6/c1-5-3-7(4-8)6(2)9-5;1-2/h3H,4,8H2,1-2H3;1-2H3.